The number of carbonyl (C=O) groups excluding carboxylic acids is 1. The van der Waals surface area contributed by atoms with Gasteiger partial charge in [0.25, 0.3) is 0 Å². The molecule has 2 aromatic rings. The number of hydrogen-bond donors (Lipinski definition) is 1. The summed E-state index contributed by atoms with van der Waals surface area (Å²) in [4.78, 5) is 11.8. The van der Waals surface area contributed by atoms with Crippen LogP contribution in [0.1, 0.15) is 17.0 Å². The van der Waals surface area contributed by atoms with Gasteiger partial charge in [-0.25, -0.2) is 4.39 Å². The Kier molecular flexibility index (Phi) is 3.94. The highest BCUT2D eigenvalue weighted by atomic mass is 19.1. The third-order valence-corrected chi connectivity index (χ3v) is 2.87. The lowest BCUT2D eigenvalue weighted by atomic mass is 10.2. The van der Waals surface area contributed by atoms with Crippen LogP contribution in [0.4, 0.5) is 4.39 Å². The van der Waals surface area contributed by atoms with E-state index in [0.717, 1.165) is 11.4 Å². The number of amides is 1. The van der Waals surface area contributed by atoms with Crippen molar-refractivity contribution in [2.75, 3.05) is 0 Å². The molecule has 1 aromatic heterocycles. The van der Waals surface area contributed by atoms with Gasteiger partial charge < -0.3 is 5.32 Å². The smallest absolute Gasteiger partial charge is 0.226 e. The van der Waals surface area contributed by atoms with Gasteiger partial charge in [0.1, 0.15) is 5.82 Å². The number of aryl methyl sites for hydroxylation is 2. The molecule has 0 aliphatic rings. The van der Waals surface area contributed by atoms with E-state index in [4.69, 9.17) is 0 Å². The molecule has 19 heavy (non-hydrogen) atoms. The van der Waals surface area contributed by atoms with Crippen molar-refractivity contribution in [3.63, 3.8) is 0 Å². The lowest BCUT2D eigenvalue weighted by molar-refractivity contribution is -0.120. The van der Waals surface area contributed by atoms with Crippen molar-refractivity contribution in [2.24, 2.45) is 7.05 Å². The molecule has 0 aliphatic heterocycles. The normalized spacial score (nSPS) is 10.5. The molecular formula is C14H16FN3O. The van der Waals surface area contributed by atoms with Crippen LogP contribution < -0.4 is 5.32 Å². The van der Waals surface area contributed by atoms with Crippen LogP contribution in [0, 0.1) is 12.7 Å². The summed E-state index contributed by atoms with van der Waals surface area (Å²) >= 11 is 0. The fraction of sp³-hybridized carbons (Fsp3) is 0.286. The summed E-state index contributed by atoms with van der Waals surface area (Å²) < 4.78 is 15.0. The van der Waals surface area contributed by atoms with Crippen LogP contribution >= 0.6 is 0 Å². The molecule has 100 valence electrons. The monoisotopic (exact) mass is 261 g/mol. The number of nitrogens with one attached hydrogen (secondary N) is 1. The highest BCUT2D eigenvalue weighted by Gasteiger charge is 2.09. The summed E-state index contributed by atoms with van der Waals surface area (Å²) in [6.45, 7) is 2.07. The van der Waals surface area contributed by atoms with E-state index in [0.29, 0.717) is 5.56 Å². The van der Waals surface area contributed by atoms with Crippen LogP contribution in [0.3, 0.4) is 0 Å². The van der Waals surface area contributed by atoms with Gasteiger partial charge in [-0.05, 0) is 19.1 Å². The van der Waals surface area contributed by atoms with E-state index in [1.807, 2.05) is 13.0 Å². The van der Waals surface area contributed by atoms with E-state index >= 15 is 0 Å². The molecule has 4 nitrogen and oxygen atoms in total. The molecule has 1 aromatic carbocycles. The highest BCUT2D eigenvalue weighted by molar-refractivity contribution is 5.78. The summed E-state index contributed by atoms with van der Waals surface area (Å²) in [6.07, 6.45) is 0.242. The van der Waals surface area contributed by atoms with Crippen molar-refractivity contribution >= 4 is 5.91 Å². The summed E-state index contributed by atoms with van der Waals surface area (Å²) in [6, 6.07) is 8.27. The number of halogens is 1. The Morgan fingerprint density at radius 1 is 1.42 bits per heavy atom. The zero-order valence-electron chi connectivity index (χ0n) is 11.0. The molecule has 0 radical (unpaired) electrons. The number of hydrogen-bond acceptors (Lipinski definition) is 2. The average Bonchev–Trinajstić information content (AvgIpc) is 2.67. The molecule has 0 bridgehead atoms. The molecule has 1 N–H and O–H groups in total. The third-order valence-electron chi connectivity index (χ3n) is 2.87. The Balaban J connectivity index is 1.92. The average molecular weight is 261 g/mol. The maximum atomic E-state index is 13.4. The van der Waals surface area contributed by atoms with Gasteiger partial charge in [0, 0.05) is 24.8 Å². The van der Waals surface area contributed by atoms with Crippen molar-refractivity contribution in [1.29, 1.82) is 0 Å². The Morgan fingerprint density at radius 3 is 2.79 bits per heavy atom. The molecule has 0 saturated heterocycles. The predicted octanol–water partition coefficient (Wildman–Crippen LogP) is 1.73. The van der Waals surface area contributed by atoms with Crippen molar-refractivity contribution in [3.05, 3.63) is 53.1 Å². The molecule has 1 heterocycles. The number of carbonyl (C=O) groups is 1. The van der Waals surface area contributed by atoms with Crippen LogP contribution in [0.5, 0.6) is 0 Å². The second-order valence-electron chi connectivity index (χ2n) is 4.45. The van der Waals surface area contributed by atoms with Gasteiger partial charge in [-0.2, -0.15) is 5.10 Å². The molecular weight excluding hydrogens is 245 g/mol. The van der Waals surface area contributed by atoms with Gasteiger partial charge in [0.2, 0.25) is 5.91 Å². The van der Waals surface area contributed by atoms with Crippen LogP contribution in [0.15, 0.2) is 30.3 Å². The first-order chi connectivity index (χ1) is 9.06. The maximum absolute atomic E-state index is 13.4. The Bertz CT molecular complexity index is 592. The standard InChI is InChI=1S/C14H16FN3O/c1-10-7-12(18(2)17-10)8-14(19)16-9-11-5-3-4-6-13(11)15/h3-7H,8-9H2,1-2H3,(H,16,19). The largest absolute Gasteiger partial charge is 0.352 e. The number of rotatable bonds is 4. The van der Waals surface area contributed by atoms with Gasteiger partial charge in [-0.1, -0.05) is 18.2 Å². The maximum Gasteiger partial charge on any atom is 0.226 e. The predicted molar refractivity (Wildman–Crippen MR) is 69.9 cm³/mol. The molecule has 0 unspecified atom stereocenters. The number of benzene rings is 1. The first kappa shape index (κ1) is 13.3. The van der Waals surface area contributed by atoms with Crippen molar-refractivity contribution < 1.29 is 9.18 Å². The van der Waals surface area contributed by atoms with Crippen LogP contribution in [0.2, 0.25) is 0 Å². The van der Waals surface area contributed by atoms with E-state index in [-0.39, 0.29) is 24.7 Å². The topological polar surface area (TPSA) is 46.9 Å². The molecule has 5 heteroatoms. The molecule has 0 atom stereocenters. The minimum Gasteiger partial charge on any atom is -0.352 e. The Labute approximate surface area is 111 Å². The van der Waals surface area contributed by atoms with Gasteiger partial charge in [0.15, 0.2) is 0 Å². The van der Waals surface area contributed by atoms with Crippen LogP contribution in [-0.2, 0) is 24.8 Å². The van der Waals surface area contributed by atoms with Crippen LogP contribution in [-0.4, -0.2) is 15.7 Å². The van der Waals surface area contributed by atoms with Crippen molar-refractivity contribution in [3.8, 4) is 0 Å². The van der Waals surface area contributed by atoms with Gasteiger partial charge in [0.05, 0.1) is 12.1 Å². The second-order valence-corrected chi connectivity index (χ2v) is 4.45. The molecule has 1 amide bonds. The number of nitrogens with zero attached hydrogens (tertiary/aromatic N) is 2. The zero-order valence-corrected chi connectivity index (χ0v) is 11.0. The SMILES string of the molecule is Cc1cc(CC(=O)NCc2ccccc2F)n(C)n1. The van der Waals surface area contributed by atoms with Gasteiger partial charge >= 0.3 is 0 Å². The summed E-state index contributed by atoms with van der Waals surface area (Å²) in [5.41, 5.74) is 2.19. The molecule has 0 fully saturated rings. The lowest BCUT2D eigenvalue weighted by Crippen LogP contribution is -2.25. The van der Waals surface area contributed by atoms with E-state index in [1.165, 1.54) is 6.07 Å². The summed E-state index contributed by atoms with van der Waals surface area (Å²) in [5.74, 6) is -0.453. The number of aromatic nitrogens is 2. The molecule has 2 rings (SSSR count). The molecule has 0 saturated carbocycles. The van der Waals surface area contributed by atoms with Crippen molar-refractivity contribution in [1.82, 2.24) is 15.1 Å². The Morgan fingerprint density at radius 2 is 2.16 bits per heavy atom. The second kappa shape index (κ2) is 5.65. The molecule has 0 spiro atoms. The third kappa shape index (κ3) is 3.40. The minimum atomic E-state index is -0.306. The van der Waals surface area contributed by atoms with E-state index < -0.39 is 0 Å². The fourth-order valence-electron chi connectivity index (χ4n) is 1.89. The fourth-order valence-corrected chi connectivity index (χ4v) is 1.89. The quantitative estimate of drug-likeness (QED) is 0.911. The molecule has 0 aliphatic carbocycles. The first-order valence-corrected chi connectivity index (χ1v) is 6.06. The van der Waals surface area contributed by atoms with Gasteiger partial charge in [-0.3, -0.25) is 9.48 Å². The lowest BCUT2D eigenvalue weighted by Gasteiger charge is -2.06. The minimum absolute atomic E-state index is 0.147. The van der Waals surface area contributed by atoms with Crippen molar-refractivity contribution in [2.45, 2.75) is 19.9 Å². The van der Waals surface area contributed by atoms with E-state index in [1.54, 1.807) is 29.9 Å². The first-order valence-electron chi connectivity index (χ1n) is 6.06. The summed E-state index contributed by atoms with van der Waals surface area (Å²) in [5, 5.41) is 6.88. The summed E-state index contributed by atoms with van der Waals surface area (Å²) in [7, 11) is 1.80. The van der Waals surface area contributed by atoms with E-state index in [2.05, 4.69) is 10.4 Å². The van der Waals surface area contributed by atoms with Gasteiger partial charge in [-0.15, -0.1) is 0 Å². The highest BCUT2D eigenvalue weighted by Crippen LogP contribution is 2.06. The van der Waals surface area contributed by atoms with E-state index in [9.17, 15) is 9.18 Å². The zero-order chi connectivity index (χ0) is 13.8. The van der Waals surface area contributed by atoms with Crippen LogP contribution in [0.25, 0.3) is 0 Å². The Hall–Kier alpha value is -2.17.